The van der Waals surface area contributed by atoms with Crippen molar-refractivity contribution in [2.24, 2.45) is 10.3 Å². The van der Waals surface area contributed by atoms with Gasteiger partial charge in [-0.05, 0) is 51.0 Å². The van der Waals surface area contributed by atoms with Crippen LogP contribution in [0.5, 0.6) is 0 Å². The van der Waals surface area contributed by atoms with Gasteiger partial charge in [-0.15, -0.1) is 0 Å². The zero-order valence-electron chi connectivity index (χ0n) is 11.3. The van der Waals surface area contributed by atoms with Crippen molar-refractivity contribution in [2.45, 2.75) is 44.3 Å². The quantitative estimate of drug-likeness (QED) is 0.602. The zero-order chi connectivity index (χ0) is 13.2. The molecule has 0 spiro atoms. The molecule has 98 valence electrons. The van der Waals surface area contributed by atoms with E-state index in [1.54, 1.807) is 0 Å². The van der Waals surface area contributed by atoms with Crippen LogP contribution in [0.1, 0.15) is 45.1 Å². The maximum Gasteiger partial charge on any atom is 0.144 e. The Morgan fingerprint density at radius 1 is 1.33 bits per heavy atom. The molecule has 3 heteroatoms. The lowest BCUT2D eigenvalue weighted by molar-refractivity contribution is 0.561. The summed E-state index contributed by atoms with van der Waals surface area (Å²) in [6, 6.07) is 10.6. The molecule has 1 aromatic rings. The fraction of sp³-hybridized carbons (Fsp3) is 0.533. The summed E-state index contributed by atoms with van der Waals surface area (Å²) in [7, 11) is 0. The molecule has 0 saturated heterocycles. The average Bonchev–Trinajstić information content (AvgIpc) is 3.08. The molecule has 3 atom stereocenters. The van der Waals surface area contributed by atoms with E-state index in [0.29, 0.717) is 11.8 Å². The molecule has 1 aromatic carbocycles. The van der Waals surface area contributed by atoms with Crippen LogP contribution in [0.25, 0.3) is 0 Å². The molecule has 1 aliphatic carbocycles. The first kappa shape index (κ1) is 13.6. The normalized spacial score (nSPS) is 25.3. The molecular formula is C15H21NOS. The van der Waals surface area contributed by atoms with Crippen LogP contribution in [-0.2, 0) is 11.4 Å². The molecular weight excluding hydrogens is 242 g/mol. The molecule has 0 bridgehead atoms. The van der Waals surface area contributed by atoms with Crippen LogP contribution in [0, 0.1) is 5.92 Å². The van der Waals surface area contributed by atoms with Crippen molar-refractivity contribution in [3.05, 3.63) is 35.9 Å². The minimum absolute atomic E-state index is 0.251. The molecule has 1 saturated carbocycles. The molecule has 0 N–H and O–H groups in total. The van der Waals surface area contributed by atoms with Gasteiger partial charge in [-0.3, -0.25) is 0 Å². The van der Waals surface area contributed by atoms with Crippen LogP contribution >= 0.6 is 0 Å². The van der Waals surface area contributed by atoms with E-state index < -0.39 is 11.4 Å². The first-order valence-corrected chi connectivity index (χ1v) is 7.58. The second-order valence-corrected chi connectivity index (χ2v) is 7.83. The van der Waals surface area contributed by atoms with Gasteiger partial charge in [-0.1, -0.05) is 34.7 Å². The molecule has 0 radical (unpaired) electrons. The zero-order valence-corrected chi connectivity index (χ0v) is 12.1. The first-order chi connectivity index (χ1) is 8.48. The largest absolute Gasteiger partial charge is 0.591 e. The average molecular weight is 263 g/mol. The molecule has 0 aromatic heterocycles. The number of hydrogen-bond donors (Lipinski definition) is 0. The van der Waals surface area contributed by atoms with E-state index in [4.69, 9.17) is 0 Å². The van der Waals surface area contributed by atoms with Gasteiger partial charge in [0.2, 0.25) is 0 Å². The Labute approximate surface area is 113 Å². The molecule has 1 unspecified atom stereocenters. The minimum atomic E-state index is -1.11. The van der Waals surface area contributed by atoms with Crippen LogP contribution in [0.2, 0.25) is 0 Å². The van der Waals surface area contributed by atoms with Crippen LogP contribution in [0.3, 0.4) is 0 Å². The number of hydrogen-bond acceptors (Lipinski definition) is 2. The second kappa shape index (κ2) is 5.45. The number of rotatable bonds is 4. The molecule has 1 fully saturated rings. The van der Waals surface area contributed by atoms with E-state index in [0.717, 1.165) is 6.42 Å². The lowest BCUT2D eigenvalue weighted by Gasteiger charge is -2.17. The summed E-state index contributed by atoms with van der Waals surface area (Å²) in [5, 5.41) is 0. The molecule has 0 aliphatic heterocycles. The van der Waals surface area contributed by atoms with Gasteiger partial charge in [-0.2, -0.15) is 0 Å². The van der Waals surface area contributed by atoms with Crippen molar-refractivity contribution >= 4 is 17.6 Å². The monoisotopic (exact) mass is 263 g/mol. The van der Waals surface area contributed by atoms with Crippen molar-refractivity contribution in [1.29, 1.82) is 0 Å². The van der Waals surface area contributed by atoms with Crippen molar-refractivity contribution in [2.75, 3.05) is 0 Å². The fourth-order valence-corrected chi connectivity index (χ4v) is 2.56. The number of nitrogens with zero attached hydrogens (tertiary/aromatic N) is 1. The number of benzene rings is 1. The van der Waals surface area contributed by atoms with Crippen molar-refractivity contribution < 1.29 is 4.55 Å². The summed E-state index contributed by atoms with van der Waals surface area (Å²) < 4.78 is 15.6. The predicted octanol–water partition coefficient (Wildman–Crippen LogP) is 3.71. The molecule has 2 nitrogen and oxygen atoms in total. The summed E-state index contributed by atoms with van der Waals surface area (Å²) in [6.07, 6.45) is 4.04. The first-order valence-electron chi connectivity index (χ1n) is 6.48. The highest BCUT2D eigenvalue weighted by Crippen LogP contribution is 2.49. The lowest BCUT2D eigenvalue weighted by Crippen LogP contribution is -2.25. The second-order valence-electron chi connectivity index (χ2n) is 5.90. The van der Waals surface area contributed by atoms with Gasteiger partial charge >= 0.3 is 0 Å². The van der Waals surface area contributed by atoms with Crippen LogP contribution < -0.4 is 0 Å². The third-order valence-electron chi connectivity index (χ3n) is 3.25. The van der Waals surface area contributed by atoms with E-state index in [-0.39, 0.29) is 4.75 Å². The third-order valence-corrected chi connectivity index (χ3v) is 4.64. The van der Waals surface area contributed by atoms with Gasteiger partial charge in [0.25, 0.3) is 0 Å². The Bertz CT molecular complexity index is 410. The summed E-state index contributed by atoms with van der Waals surface area (Å²) in [5.74, 6) is 1.37. The highest BCUT2D eigenvalue weighted by atomic mass is 32.2. The van der Waals surface area contributed by atoms with Crippen molar-refractivity contribution in [1.82, 2.24) is 0 Å². The Balaban J connectivity index is 1.79. The van der Waals surface area contributed by atoms with Gasteiger partial charge in [0, 0.05) is 0 Å². The summed E-state index contributed by atoms with van der Waals surface area (Å²) in [4.78, 5) is 0. The Kier molecular flexibility index (Phi) is 4.13. The van der Waals surface area contributed by atoms with E-state index >= 15 is 0 Å². The maximum atomic E-state index is 11.7. The highest BCUT2D eigenvalue weighted by molar-refractivity contribution is 7.91. The molecule has 18 heavy (non-hydrogen) atoms. The Morgan fingerprint density at radius 2 is 2.00 bits per heavy atom. The topological polar surface area (TPSA) is 35.4 Å². The SMILES string of the molecule is CC(C)(C)[S+]([O-])/N=C/C[C@H]1C[C@@H]1c1ccccc1. The van der Waals surface area contributed by atoms with Crippen molar-refractivity contribution in [3.8, 4) is 0 Å². The third kappa shape index (κ3) is 3.59. The summed E-state index contributed by atoms with van der Waals surface area (Å²) >= 11 is -1.11. The molecule has 2 rings (SSSR count). The van der Waals surface area contributed by atoms with Crippen LogP contribution in [0.4, 0.5) is 0 Å². The minimum Gasteiger partial charge on any atom is -0.591 e. The Hall–Kier alpha value is -0.800. The summed E-state index contributed by atoms with van der Waals surface area (Å²) in [6.45, 7) is 5.85. The van der Waals surface area contributed by atoms with Crippen molar-refractivity contribution in [3.63, 3.8) is 0 Å². The van der Waals surface area contributed by atoms with Gasteiger partial charge in [0.15, 0.2) is 0 Å². The molecule has 1 aliphatic rings. The molecule has 0 heterocycles. The highest BCUT2D eigenvalue weighted by Gasteiger charge is 2.37. The van der Waals surface area contributed by atoms with E-state index in [9.17, 15) is 4.55 Å². The van der Waals surface area contributed by atoms with E-state index in [1.807, 2.05) is 27.0 Å². The lowest BCUT2D eigenvalue weighted by atomic mass is 10.1. The van der Waals surface area contributed by atoms with Gasteiger partial charge in [-0.25, -0.2) is 0 Å². The smallest absolute Gasteiger partial charge is 0.144 e. The van der Waals surface area contributed by atoms with Crippen LogP contribution in [-0.4, -0.2) is 15.5 Å². The van der Waals surface area contributed by atoms with E-state index in [1.165, 1.54) is 12.0 Å². The summed E-state index contributed by atoms with van der Waals surface area (Å²) in [5.41, 5.74) is 1.42. The maximum absolute atomic E-state index is 11.7. The molecule has 0 amide bonds. The van der Waals surface area contributed by atoms with Gasteiger partial charge in [0.05, 0.1) is 6.21 Å². The fourth-order valence-electron chi connectivity index (χ4n) is 2.02. The van der Waals surface area contributed by atoms with Gasteiger partial charge < -0.3 is 4.55 Å². The van der Waals surface area contributed by atoms with E-state index in [2.05, 4.69) is 34.7 Å². The van der Waals surface area contributed by atoms with Crippen LogP contribution in [0.15, 0.2) is 34.7 Å². The predicted molar refractivity (Wildman–Crippen MR) is 78.3 cm³/mol. The standard InChI is InChI=1S/C15H21NOS/c1-15(2,3)18(17)16-10-9-13-11-14(13)12-7-5-4-6-8-12/h4-8,10,13-14H,9,11H2,1-3H3/b16-10+/t13-,14+,18?/m0/s1. The Morgan fingerprint density at radius 3 is 2.61 bits per heavy atom. The van der Waals surface area contributed by atoms with Gasteiger partial charge in [0.1, 0.15) is 16.1 Å².